The zero-order chi connectivity index (χ0) is 22.5. The van der Waals surface area contributed by atoms with E-state index in [4.69, 9.17) is 11.6 Å². The van der Waals surface area contributed by atoms with E-state index >= 15 is 0 Å². The topological polar surface area (TPSA) is 67.2 Å². The lowest BCUT2D eigenvalue weighted by Gasteiger charge is -2.08. The predicted molar refractivity (Wildman–Crippen MR) is 122 cm³/mol. The first-order valence-corrected chi connectivity index (χ1v) is 10.5. The van der Waals surface area contributed by atoms with Crippen molar-refractivity contribution in [3.63, 3.8) is 0 Å². The summed E-state index contributed by atoms with van der Waals surface area (Å²) in [5, 5.41) is 17.7. The van der Waals surface area contributed by atoms with E-state index in [-0.39, 0.29) is 23.9 Å². The van der Waals surface area contributed by atoms with Crippen molar-refractivity contribution in [3.8, 4) is 22.7 Å². The molecule has 1 amide bonds. The van der Waals surface area contributed by atoms with Gasteiger partial charge in [0.25, 0.3) is 0 Å². The van der Waals surface area contributed by atoms with Gasteiger partial charge in [0, 0.05) is 30.0 Å². The molecule has 0 spiro atoms. The number of phenolic OH excluding ortho intramolecular Hbond substituents is 1. The first-order chi connectivity index (χ1) is 15.5. The summed E-state index contributed by atoms with van der Waals surface area (Å²) in [6.45, 7) is 0.356. The van der Waals surface area contributed by atoms with Crippen LogP contribution in [0.1, 0.15) is 17.7 Å². The van der Waals surface area contributed by atoms with Crippen molar-refractivity contribution in [3.05, 3.63) is 101 Å². The molecule has 4 rings (SSSR count). The predicted octanol–water partition coefficient (Wildman–Crippen LogP) is 5.29. The maximum absolute atomic E-state index is 13.8. The van der Waals surface area contributed by atoms with Gasteiger partial charge in [-0.2, -0.15) is 5.10 Å². The second-order valence-electron chi connectivity index (χ2n) is 7.33. The number of carbonyl (C=O) groups excluding carboxylic acids is 1. The van der Waals surface area contributed by atoms with Crippen LogP contribution >= 0.6 is 11.6 Å². The average Bonchev–Trinajstić information content (AvgIpc) is 3.22. The molecule has 0 fully saturated rings. The van der Waals surface area contributed by atoms with Crippen molar-refractivity contribution in [1.29, 1.82) is 0 Å². The largest absolute Gasteiger partial charge is 0.508 e. The van der Waals surface area contributed by atoms with Gasteiger partial charge in [-0.15, -0.1) is 0 Å². The lowest BCUT2D eigenvalue weighted by atomic mass is 10.1. The molecule has 3 aromatic carbocycles. The van der Waals surface area contributed by atoms with E-state index < -0.39 is 0 Å². The van der Waals surface area contributed by atoms with E-state index in [0.717, 1.165) is 11.3 Å². The number of amides is 1. The van der Waals surface area contributed by atoms with Gasteiger partial charge in [-0.1, -0.05) is 41.9 Å². The number of halogens is 2. The molecule has 0 bridgehead atoms. The molecule has 0 unspecified atom stereocenters. The van der Waals surface area contributed by atoms with Crippen LogP contribution in [-0.4, -0.2) is 20.8 Å². The molecule has 0 aliphatic heterocycles. The third kappa shape index (κ3) is 5.15. The highest BCUT2D eigenvalue weighted by Crippen LogP contribution is 2.26. The van der Waals surface area contributed by atoms with Gasteiger partial charge in [-0.3, -0.25) is 4.79 Å². The Balaban J connectivity index is 1.51. The Morgan fingerprint density at radius 3 is 2.56 bits per heavy atom. The second kappa shape index (κ2) is 9.66. The smallest absolute Gasteiger partial charge is 0.220 e. The monoisotopic (exact) mass is 449 g/mol. The van der Waals surface area contributed by atoms with Gasteiger partial charge in [0.05, 0.1) is 17.1 Å². The molecule has 0 aliphatic rings. The molecule has 4 aromatic rings. The number of benzene rings is 3. The zero-order valence-corrected chi connectivity index (χ0v) is 17.9. The fraction of sp³-hybridized carbons (Fsp3) is 0.120. The first-order valence-electron chi connectivity index (χ1n) is 10.1. The minimum atomic E-state index is -0.346. The lowest BCUT2D eigenvalue weighted by molar-refractivity contribution is -0.121. The van der Waals surface area contributed by atoms with E-state index in [1.54, 1.807) is 47.1 Å². The van der Waals surface area contributed by atoms with Gasteiger partial charge in [0.2, 0.25) is 5.91 Å². The fourth-order valence-corrected chi connectivity index (χ4v) is 3.56. The normalized spacial score (nSPS) is 10.8. The molecule has 1 aromatic heterocycles. The number of hydrogen-bond donors (Lipinski definition) is 2. The summed E-state index contributed by atoms with van der Waals surface area (Å²) in [6.07, 6.45) is 0.668. The van der Waals surface area contributed by atoms with Crippen molar-refractivity contribution in [2.45, 2.75) is 19.4 Å². The Bertz CT molecular complexity index is 1240. The van der Waals surface area contributed by atoms with Crippen molar-refractivity contribution in [2.75, 3.05) is 0 Å². The zero-order valence-electron chi connectivity index (χ0n) is 17.1. The Morgan fingerprint density at radius 2 is 1.81 bits per heavy atom. The van der Waals surface area contributed by atoms with Gasteiger partial charge < -0.3 is 10.4 Å². The Labute approximate surface area is 190 Å². The number of aryl methyl sites for hydroxylation is 1. The SMILES string of the molecule is O=C(CCc1cc(-c2cccc(F)c2)n(-c2ccc(O)cc2)n1)NCc1ccccc1Cl. The molecule has 162 valence electrons. The van der Waals surface area contributed by atoms with Crippen LogP contribution in [0.2, 0.25) is 5.02 Å². The van der Waals surface area contributed by atoms with Crippen LogP contribution in [0.3, 0.4) is 0 Å². The van der Waals surface area contributed by atoms with E-state index in [2.05, 4.69) is 10.4 Å². The number of nitrogens with zero attached hydrogens (tertiary/aromatic N) is 2. The molecule has 2 N–H and O–H groups in total. The molecule has 7 heteroatoms. The summed E-state index contributed by atoms with van der Waals surface area (Å²) in [7, 11) is 0. The van der Waals surface area contributed by atoms with E-state index in [1.165, 1.54) is 12.1 Å². The van der Waals surface area contributed by atoms with Gasteiger partial charge in [0.1, 0.15) is 11.6 Å². The van der Waals surface area contributed by atoms with E-state index in [1.807, 2.05) is 24.3 Å². The maximum Gasteiger partial charge on any atom is 0.220 e. The van der Waals surface area contributed by atoms with Crippen molar-refractivity contribution < 1.29 is 14.3 Å². The van der Waals surface area contributed by atoms with Gasteiger partial charge in [0.15, 0.2) is 0 Å². The minimum absolute atomic E-state index is 0.114. The molecular formula is C25H21ClFN3O2. The molecule has 0 saturated heterocycles. The van der Waals surface area contributed by atoms with Crippen LogP contribution in [0.5, 0.6) is 5.75 Å². The summed E-state index contributed by atoms with van der Waals surface area (Å²) in [4.78, 5) is 12.3. The number of carbonyl (C=O) groups is 1. The van der Waals surface area contributed by atoms with Gasteiger partial charge >= 0.3 is 0 Å². The summed E-state index contributed by atoms with van der Waals surface area (Å²) < 4.78 is 15.5. The number of aromatic nitrogens is 2. The van der Waals surface area contributed by atoms with Gasteiger partial charge in [-0.25, -0.2) is 9.07 Å². The van der Waals surface area contributed by atoms with Crippen LogP contribution < -0.4 is 5.32 Å². The number of aromatic hydroxyl groups is 1. The molecule has 0 aliphatic carbocycles. The Morgan fingerprint density at radius 1 is 1.03 bits per heavy atom. The van der Waals surface area contributed by atoms with Crippen LogP contribution in [0.4, 0.5) is 4.39 Å². The molecule has 0 radical (unpaired) electrons. The molecule has 1 heterocycles. The van der Waals surface area contributed by atoms with E-state index in [9.17, 15) is 14.3 Å². The Hall–Kier alpha value is -3.64. The highest BCUT2D eigenvalue weighted by Gasteiger charge is 2.14. The standard InChI is InChI=1S/C25H21ClFN3O2/c26-23-7-2-1-4-18(23)16-28-25(32)13-8-20-15-24(17-5-3-6-19(27)14-17)30(29-20)21-9-11-22(31)12-10-21/h1-7,9-12,14-15,31H,8,13,16H2,(H,28,32). The second-order valence-corrected chi connectivity index (χ2v) is 7.73. The average molecular weight is 450 g/mol. The lowest BCUT2D eigenvalue weighted by Crippen LogP contribution is -2.23. The summed E-state index contributed by atoms with van der Waals surface area (Å²) >= 11 is 6.13. The molecule has 0 atom stereocenters. The molecule has 0 saturated carbocycles. The molecular weight excluding hydrogens is 429 g/mol. The highest BCUT2D eigenvalue weighted by molar-refractivity contribution is 6.31. The molecule has 5 nitrogen and oxygen atoms in total. The van der Waals surface area contributed by atoms with Crippen LogP contribution in [0.25, 0.3) is 16.9 Å². The highest BCUT2D eigenvalue weighted by atomic mass is 35.5. The first kappa shape index (κ1) is 21.6. The minimum Gasteiger partial charge on any atom is -0.508 e. The number of hydrogen-bond acceptors (Lipinski definition) is 3. The van der Waals surface area contributed by atoms with Crippen molar-refractivity contribution in [2.24, 2.45) is 0 Å². The van der Waals surface area contributed by atoms with E-state index in [0.29, 0.717) is 34.9 Å². The van der Waals surface area contributed by atoms with Crippen LogP contribution in [-0.2, 0) is 17.8 Å². The number of nitrogens with one attached hydrogen (secondary N) is 1. The third-order valence-corrected chi connectivity index (χ3v) is 5.39. The number of phenols is 1. The van der Waals surface area contributed by atoms with Crippen LogP contribution in [0.15, 0.2) is 78.9 Å². The summed E-state index contributed by atoms with van der Waals surface area (Å²) in [5.41, 5.74) is 3.64. The summed E-state index contributed by atoms with van der Waals surface area (Å²) in [5.74, 6) is -0.318. The summed E-state index contributed by atoms with van der Waals surface area (Å²) in [6, 6.07) is 22.1. The van der Waals surface area contributed by atoms with Crippen molar-refractivity contribution in [1.82, 2.24) is 15.1 Å². The quantitative estimate of drug-likeness (QED) is 0.403. The van der Waals surface area contributed by atoms with Crippen molar-refractivity contribution >= 4 is 17.5 Å². The fourth-order valence-electron chi connectivity index (χ4n) is 3.36. The molecule has 32 heavy (non-hydrogen) atoms. The van der Waals surface area contributed by atoms with Crippen LogP contribution in [0, 0.1) is 5.82 Å². The number of rotatable bonds is 7. The Kier molecular flexibility index (Phi) is 6.52. The van der Waals surface area contributed by atoms with Gasteiger partial charge in [-0.05, 0) is 54.1 Å². The third-order valence-electron chi connectivity index (χ3n) is 5.02. The maximum atomic E-state index is 13.8.